The molecule has 0 saturated carbocycles. The highest BCUT2D eigenvalue weighted by molar-refractivity contribution is 6.00. The zero-order valence-electron chi connectivity index (χ0n) is 14.6. The van der Waals surface area contributed by atoms with Gasteiger partial charge in [0.1, 0.15) is 5.75 Å². The predicted octanol–water partition coefficient (Wildman–Crippen LogP) is 6.87. The second-order valence-corrected chi connectivity index (χ2v) is 6.80. The molecule has 0 heterocycles. The van der Waals surface area contributed by atoms with Crippen LogP contribution >= 0.6 is 0 Å². The number of rotatable bonds is 2. The molecule has 136 valence electrons. The van der Waals surface area contributed by atoms with Gasteiger partial charge in [-0.2, -0.15) is 13.2 Å². The van der Waals surface area contributed by atoms with E-state index in [-0.39, 0.29) is 11.7 Å². The molecule has 4 heteroatoms. The smallest absolute Gasteiger partial charge is 0.416 e. The molecular weight excluding hydrogens is 349 g/mol. The maximum atomic E-state index is 13.0. The molecule has 1 nitrogen and oxygen atoms in total. The minimum atomic E-state index is -4.35. The van der Waals surface area contributed by atoms with E-state index in [1.165, 1.54) is 12.1 Å². The Kier molecular flexibility index (Phi) is 4.06. The first-order chi connectivity index (χ1) is 12.8. The van der Waals surface area contributed by atoms with E-state index in [1.54, 1.807) is 18.2 Å². The fourth-order valence-corrected chi connectivity index (χ4v) is 3.47. The topological polar surface area (TPSA) is 20.2 Å². The Balaban J connectivity index is 1.79. The number of hydrogen-bond acceptors (Lipinski definition) is 1. The number of phenols is 1. The lowest BCUT2D eigenvalue weighted by molar-refractivity contribution is -0.137. The van der Waals surface area contributed by atoms with Gasteiger partial charge in [-0.25, -0.2) is 0 Å². The van der Waals surface area contributed by atoms with Crippen molar-refractivity contribution in [1.82, 2.24) is 0 Å². The van der Waals surface area contributed by atoms with Crippen molar-refractivity contribution < 1.29 is 18.3 Å². The van der Waals surface area contributed by atoms with Gasteiger partial charge in [0.05, 0.1) is 5.56 Å². The van der Waals surface area contributed by atoms with E-state index in [2.05, 4.69) is 0 Å². The molecule has 1 unspecified atom stereocenters. The summed E-state index contributed by atoms with van der Waals surface area (Å²) >= 11 is 0. The van der Waals surface area contributed by atoms with Crippen molar-refractivity contribution >= 4 is 21.5 Å². The molecule has 0 aromatic heterocycles. The van der Waals surface area contributed by atoms with Crippen LogP contribution in [0.2, 0.25) is 0 Å². The fraction of sp³-hybridized carbons (Fsp3) is 0.130. The third-order valence-corrected chi connectivity index (χ3v) is 5.05. The van der Waals surface area contributed by atoms with Crippen molar-refractivity contribution in [3.63, 3.8) is 0 Å². The molecule has 1 N–H and O–H groups in total. The van der Waals surface area contributed by atoms with E-state index in [4.69, 9.17) is 0 Å². The monoisotopic (exact) mass is 366 g/mol. The average molecular weight is 366 g/mol. The van der Waals surface area contributed by atoms with E-state index >= 15 is 0 Å². The first-order valence-corrected chi connectivity index (χ1v) is 8.65. The summed E-state index contributed by atoms with van der Waals surface area (Å²) in [4.78, 5) is 0. The lowest BCUT2D eigenvalue weighted by Crippen LogP contribution is -2.06. The Bertz CT molecular complexity index is 1150. The van der Waals surface area contributed by atoms with Crippen LogP contribution in [0.25, 0.3) is 21.5 Å². The summed E-state index contributed by atoms with van der Waals surface area (Å²) in [5.41, 5.74) is 0.910. The third kappa shape index (κ3) is 3.23. The molecule has 0 aliphatic rings. The molecule has 0 bridgehead atoms. The molecule has 1 atom stereocenters. The van der Waals surface area contributed by atoms with E-state index in [1.807, 2.05) is 43.3 Å². The van der Waals surface area contributed by atoms with Gasteiger partial charge in [-0.3, -0.25) is 0 Å². The highest BCUT2D eigenvalue weighted by atomic mass is 19.4. The fourth-order valence-electron chi connectivity index (χ4n) is 3.47. The normalized spacial score (nSPS) is 13.2. The first-order valence-electron chi connectivity index (χ1n) is 8.65. The van der Waals surface area contributed by atoms with Crippen LogP contribution in [-0.2, 0) is 6.18 Å². The average Bonchev–Trinajstić information content (AvgIpc) is 2.65. The van der Waals surface area contributed by atoms with Crippen LogP contribution in [0.15, 0.2) is 72.8 Å². The van der Waals surface area contributed by atoms with Crippen LogP contribution in [0.1, 0.15) is 29.5 Å². The van der Waals surface area contributed by atoms with Gasteiger partial charge in [0, 0.05) is 11.3 Å². The quantitative estimate of drug-likeness (QED) is 0.384. The van der Waals surface area contributed by atoms with Crippen LogP contribution in [0.5, 0.6) is 5.75 Å². The van der Waals surface area contributed by atoms with Crippen LogP contribution in [0.4, 0.5) is 13.2 Å². The molecule has 0 saturated heterocycles. The van der Waals surface area contributed by atoms with Crippen LogP contribution in [0.3, 0.4) is 0 Å². The second kappa shape index (κ2) is 6.31. The van der Waals surface area contributed by atoms with Crippen molar-refractivity contribution in [2.75, 3.05) is 0 Å². The number of halogens is 3. The lowest BCUT2D eigenvalue weighted by Gasteiger charge is -2.16. The molecular formula is C23H17F3O. The lowest BCUT2D eigenvalue weighted by atomic mass is 9.90. The van der Waals surface area contributed by atoms with Gasteiger partial charge >= 0.3 is 6.18 Å². The molecule has 0 radical (unpaired) electrons. The molecule has 27 heavy (non-hydrogen) atoms. The van der Waals surface area contributed by atoms with Crippen molar-refractivity contribution in [1.29, 1.82) is 0 Å². The Morgan fingerprint density at radius 3 is 2.26 bits per heavy atom. The van der Waals surface area contributed by atoms with Gasteiger partial charge in [0.2, 0.25) is 0 Å². The first kappa shape index (κ1) is 17.4. The van der Waals surface area contributed by atoms with Gasteiger partial charge in [-0.15, -0.1) is 0 Å². The van der Waals surface area contributed by atoms with Crippen molar-refractivity contribution in [2.24, 2.45) is 0 Å². The van der Waals surface area contributed by atoms with Crippen LogP contribution in [-0.4, -0.2) is 5.11 Å². The molecule has 0 fully saturated rings. The summed E-state index contributed by atoms with van der Waals surface area (Å²) < 4.78 is 39.0. The second-order valence-electron chi connectivity index (χ2n) is 6.80. The summed E-state index contributed by atoms with van der Waals surface area (Å²) in [6, 6.07) is 20.7. The minimum Gasteiger partial charge on any atom is -0.507 e. The van der Waals surface area contributed by atoms with Gasteiger partial charge in [-0.05, 0) is 51.6 Å². The summed E-state index contributed by atoms with van der Waals surface area (Å²) in [7, 11) is 0. The zero-order valence-corrected chi connectivity index (χ0v) is 14.6. The number of hydrogen-bond donors (Lipinski definition) is 1. The van der Waals surface area contributed by atoms with Crippen molar-refractivity contribution in [2.45, 2.75) is 19.0 Å². The molecule has 0 amide bonds. The largest absolute Gasteiger partial charge is 0.507 e. The molecule has 0 spiro atoms. The van der Waals surface area contributed by atoms with E-state index < -0.39 is 11.7 Å². The summed E-state index contributed by atoms with van der Waals surface area (Å²) in [5.74, 6) is 0.0301. The van der Waals surface area contributed by atoms with Crippen molar-refractivity contribution in [3.05, 3.63) is 89.5 Å². The van der Waals surface area contributed by atoms with E-state index in [0.717, 1.165) is 33.2 Å². The third-order valence-electron chi connectivity index (χ3n) is 5.05. The Morgan fingerprint density at radius 1 is 0.741 bits per heavy atom. The standard InChI is InChI=1S/C23H17F3O/c1-14(15-4-2-6-20(12-15)23(24,25)26)16-8-9-17-11-18-5-3-7-22(27)21(18)13-19(17)10-16/h2-14,27H,1H3. The highest BCUT2D eigenvalue weighted by Crippen LogP contribution is 2.35. The van der Waals surface area contributed by atoms with Gasteiger partial charge in [-0.1, -0.05) is 55.5 Å². The zero-order chi connectivity index (χ0) is 19.2. The summed E-state index contributed by atoms with van der Waals surface area (Å²) in [6.45, 7) is 1.90. The molecule has 4 rings (SSSR count). The van der Waals surface area contributed by atoms with Crippen LogP contribution < -0.4 is 0 Å². The highest BCUT2D eigenvalue weighted by Gasteiger charge is 2.30. The van der Waals surface area contributed by atoms with Crippen molar-refractivity contribution in [3.8, 4) is 5.75 Å². The molecule has 0 aliphatic heterocycles. The predicted molar refractivity (Wildman–Crippen MR) is 102 cm³/mol. The van der Waals surface area contributed by atoms with Crippen LogP contribution in [0, 0.1) is 0 Å². The van der Waals surface area contributed by atoms with Gasteiger partial charge in [0.15, 0.2) is 0 Å². The Labute approximate surface area is 154 Å². The van der Waals surface area contributed by atoms with E-state index in [0.29, 0.717) is 5.56 Å². The number of alkyl halides is 3. The van der Waals surface area contributed by atoms with Gasteiger partial charge in [0.25, 0.3) is 0 Å². The molecule has 4 aromatic carbocycles. The van der Waals surface area contributed by atoms with E-state index in [9.17, 15) is 18.3 Å². The summed E-state index contributed by atoms with van der Waals surface area (Å²) in [5, 5.41) is 13.8. The number of phenolic OH excluding ortho intramolecular Hbond substituents is 1. The molecule has 0 aliphatic carbocycles. The number of fused-ring (bicyclic) bond motifs is 2. The number of aromatic hydroxyl groups is 1. The Morgan fingerprint density at radius 2 is 1.48 bits per heavy atom. The van der Waals surface area contributed by atoms with Gasteiger partial charge < -0.3 is 5.11 Å². The maximum Gasteiger partial charge on any atom is 0.416 e. The minimum absolute atomic E-state index is 0.184. The SMILES string of the molecule is CC(c1cccc(C(F)(F)F)c1)c1ccc2cc3cccc(O)c3cc2c1. The molecule has 4 aromatic rings. The summed E-state index contributed by atoms with van der Waals surface area (Å²) in [6.07, 6.45) is -4.35. The maximum absolute atomic E-state index is 13.0. The Hall–Kier alpha value is -3.01. The number of benzene rings is 4.